The van der Waals surface area contributed by atoms with E-state index >= 15 is 0 Å². The van der Waals surface area contributed by atoms with Crippen LogP contribution in [-0.2, 0) is 6.42 Å². The lowest BCUT2D eigenvalue weighted by Crippen LogP contribution is -1.87. The lowest BCUT2D eigenvalue weighted by molar-refractivity contribution is 1.19. The van der Waals surface area contributed by atoms with Crippen LogP contribution in [0.3, 0.4) is 0 Å². The Hall–Kier alpha value is -1.82. The summed E-state index contributed by atoms with van der Waals surface area (Å²) in [6, 6.07) is 19.3. The maximum atomic E-state index is 2.20. The maximum absolute atomic E-state index is 2.20. The number of rotatable bonds is 3. The highest BCUT2D eigenvalue weighted by Gasteiger charge is 1.95. The summed E-state index contributed by atoms with van der Waals surface area (Å²) in [5, 5.41) is 0. The summed E-state index contributed by atoms with van der Waals surface area (Å²) in [7, 11) is 0. The molecule has 0 atom stereocenters. The predicted molar refractivity (Wildman–Crippen MR) is 70.4 cm³/mol. The molecule has 0 aliphatic carbocycles. The van der Waals surface area contributed by atoms with Gasteiger partial charge in [-0.25, -0.2) is 0 Å². The minimum Gasteiger partial charge on any atom is -0.0871 e. The van der Waals surface area contributed by atoms with Gasteiger partial charge in [0.05, 0.1) is 0 Å². The molecular formula is C16H16. The number of hydrogen-bond acceptors (Lipinski definition) is 0. The fourth-order valence-corrected chi connectivity index (χ4v) is 1.77. The minimum atomic E-state index is 1.01. The highest BCUT2D eigenvalue weighted by Crippen LogP contribution is 2.11. The Morgan fingerprint density at radius 1 is 0.812 bits per heavy atom. The standard InChI is InChI=1S/C16H16/c1-2-6-14-9-11-16(12-10-14)13-15-7-4-3-5-8-15/h2-12H,13H2,1H3. The van der Waals surface area contributed by atoms with Crippen LogP contribution >= 0.6 is 0 Å². The molecule has 0 saturated carbocycles. The number of hydrogen-bond donors (Lipinski definition) is 0. The van der Waals surface area contributed by atoms with Crippen molar-refractivity contribution in [3.05, 3.63) is 77.4 Å². The fraction of sp³-hybridized carbons (Fsp3) is 0.125. The van der Waals surface area contributed by atoms with Gasteiger partial charge >= 0.3 is 0 Å². The molecule has 0 bridgehead atoms. The summed E-state index contributed by atoms with van der Waals surface area (Å²) in [5.74, 6) is 0. The zero-order valence-electron chi connectivity index (χ0n) is 9.56. The second-order valence-electron chi connectivity index (χ2n) is 3.90. The van der Waals surface area contributed by atoms with Crippen LogP contribution in [-0.4, -0.2) is 0 Å². The first-order valence-corrected chi connectivity index (χ1v) is 5.64. The maximum Gasteiger partial charge on any atom is -0.00258 e. The molecule has 2 aromatic carbocycles. The smallest absolute Gasteiger partial charge is 0.00258 e. The monoisotopic (exact) mass is 208 g/mol. The van der Waals surface area contributed by atoms with Crippen molar-refractivity contribution >= 4 is 6.08 Å². The van der Waals surface area contributed by atoms with E-state index in [1.807, 2.05) is 6.92 Å². The van der Waals surface area contributed by atoms with Crippen LogP contribution in [0.15, 0.2) is 60.7 Å². The summed E-state index contributed by atoms with van der Waals surface area (Å²) < 4.78 is 0. The van der Waals surface area contributed by atoms with Gasteiger partial charge in [-0.3, -0.25) is 0 Å². The molecule has 0 amide bonds. The van der Waals surface area contributed by atoms with Crippen LogP contribution in [0.5, 0.6) is 0 Å². The molecular weight excluding hydrogens is 192 g/mol. The third-order valence-corrected chi connectivity index (χ3v) is 2.59. The number of allylic oxidation sites excluding steroid dienone is 1. The first-order chi connectivity index (χ1) is 7.88. The molecule has 0 aliphatic heterocycles. The topological polar surface area (TPSA) is 0 Å². The fourth-order valence-electron chi connectivity index (χ4n) is 1.77. The highest BCUT2D eigenvalue weighted by molar-refractivity contribution is 5.49. The van der Waals surface area contributed by atoms with Crippen LogP contribution in [0.25, 0.3) is 6.08 Å². The summed E-state index contributed by atoms with van der Waals surface area (Å²) in [4.78, 5) is 0. The molecule has 2 aromatic rings. The van der Waals surface area contributed by atoms with Crippen LogP contribution in [0.1, 0.15) is 23.6 Å². The highest BCUT2D eigenvalue weighted by atomic mass is 14.0. The van der Waals surface area contributed by atoms with E-state index in [2.05, 4.69) is 66.7 Å². The molecule has 0 radical (unpaired) electrons. The van der Waals surface area contributed by atoms with E-state index < -0.39 is 0 Å². The van der Waals surface area contributed by atoms with E-state index in [9.17, 15) is 0 Å². The Morgan fingerprint density at radius 3 is 2.06 bits per heavy atom. The average Bonchev–Trinajstić information content (AvgIpc) is 2.33. The van der Waals surface area contributed by atoms with Crippen molar-refractivity contribution in [1.29, 1.82) is 0 Å². The largest absolute Gasteiger partial charge is 0.0871 e. The van der Waals surface area contributed by atoms with Gasteiger partial charge in [0.1, 0.15) is 0 Å². The summed E-state index contributed by atoms with van der Waals surface area (Å²) in [5.41, 5.74) is 3.99. The Balaban J connectivity index is 2.11. The molecule has 0 unspecified atom stereocenters. The van der Waals surface area contributed by atoms with Crippen LogP contribution in [0.4, 0.5) is 0 Å². The van der Waals surface area contributed by atoms with E-state index in [1.165, 1.54) is 16.7 Å². The molecule has 0 heteroatoms. The first kappa shape index (κ1) is 10.7. The van der Waals surface area contributed by atoms with Gasteiger partial charge in [-0.2, -0.15) is 0 Å². The Labute approximate surface area is 97.3 Å². The van der Waals surface area contributed by atoms with Crippen molar-refractivity contribution in [2.45, 2.75) is 13.3 Å². The van der Waals surface area contributed by atoms with Crippen molar-refractivity contribution < 1.29 is 0 Å². The van der Waals surface area contributed by atoms with Crippen LogP contribution in [0.2, 0.25) is 0 Å². The second-order valence-corrected chi connectivity index (χ2v) is 3.90. The molecule has 0 fully saturated rings. The van der Waals surface area contributed by atoms with E-state index in [0.717, 1.165) is 6.42 Å². The van der Waals surface area contributed by atoms with Gasteiger partial charge in [0.2, 0.25) is 0 Å². The summed E-state index contributed by atoms with van der Waals surface area (Å²) in [6.45, 7) is 2.04. The molecule has 0 saturated heterocycles. The molecule has 0 aromatic heterocycles. The van der Waals surface area contributed by atoms with Crippen LogP contribution in [0, 0.1) is 0 Å². The summed E-state index contributed by atoms with van der Waals surface area (Å²) in [6.07, 6.45) is 5.19. The third kappa shape index (κ3) is 2.83. The molecule has 80 valence electrons. The zero-order valence-corrected chi connectivity index (χ0v) is 9.56. The van der Waals surface area contributed by atoms with E-state index in [0.29, 0.717) is 0 Å². The lowest BCUT2D eigenvalue weighted by atomic mass is 10.0. The Morgan fingerprint density at radius 2 is 1.44 bits per heavy atom. The van der Waals surface area contributed by atoms with Gasteiger partial charge in [-0.15, -0.1) is 0 Å². The van der Waals surface area contributed by atoms with Crippen LogP contribution < -0.4 is 0 Å². The Bertz CT molecular complexity index is 449. The molecule has 0 spiro atoms. The molecule has 2 rings (SSSR count). The van der Waals surface area contributed by atoms with Crippen molar-refractivity contribution in [1.82, 2.24) is 0 Å². The van der Waals surface area contributed by atoms with E-state index in [-0.39, 0.29) is 0 Å². The second kappa shape index (κ2) is 5.32. The van der Waals surface area contributed by atoms with Gasteiger partial charge in [-0.05, 0) is 30.0 Å². The van der Waals surface area contributed by atoms with Crippen molar-refractivity contribution in [2.75, 3.05) is 0 Å². The molecule has 16 heavy (non-hydrogen) atoms. The Kier molecular flexibility index (Phi) is 3.55. The first-order valence-electron chi connectivity index (χ1n) is 5.64. The molecule has 0 N–H and O–H groups in total. The van der Waals surface area contributed by atoms with Gasteiger partial charge in [0, 0.05) is 0 Å². The molecule has 0 heterocycles. The van der Waals surface area contributed by atoms with Gasteiger partial charge in [-0.1, -0.05) is 66.7 Å². The van der Waals surface area contributed by atoms with E-state index in [1.54, 1.807) is 0 Å². The number of benzene rings is 2. The van der Waals surface area contributed by atoms with Crippen molar-refractivity contribution in [3.63, 3.8) is 0 Å². The lowest BCUT2D eigenvalue weighted by Gasteiger charge is -2.02. The zero-order chi connectivity index (χ0) is 11.2. The quantitative estimate of drug-likeness (QED) is 0.705. The minimum absolute atomic E-state index is 1.01. The SMILES string of the molecule is CC=Cc1ccc(Cc2ccccc2)cc1. The third-order valence-electron chi connectivity index (χ3n) is 2.59. The van der Waals surface area contributed by atoms with Crippen molar-refractivity contribution in [3.8, 4) is 0 Å². The normalized spacial score (nSPS) is 10.8. The van der Waals surface area contributed by atoms with Gasteiger partial charge in [0.25, 0.3) is 0 Å². The molecule has 0 aliphatic rings. The predicted octanol–water partition coefficient (Wildman–Crippen LogP) is 4.31. The average molecular weight is 208 g/mol. The summed E-state index contributed by atoms with van der Waals surface area (Å²) >= 11 is 0. The van der Waals surface area contributed by atoms with E-state index in [4.69, 9.17) is 0 Å². The van der Waals surface area contributed by atoms with Crippen molar-refractivity contribution in [2.24, 2.45) is 0 Å². The van der Waals surface area contributed by atoms with Gasteiger partial charge in [0.15, 0.2) is 0 Å². The molecule has 0 nitrogen and oxygen atoms in total. The van der Waals surface area contributed by atoms with Gasteiger partial charge < -0.3 is 0 Å².